The zero-order chi connectivity index (χ0) is 26.5. The fraction of sp³-hybridized carbons (Fsp3) is 0.429. The van der Waals surface area contributed by atoms with Crippen LogP contribution in [0.1, 0.15) is 63.7 Å². The van der Waals surface area contributed by atoms with Crippen molar-refractivity contribution in [3.05, 3.63) is 59.5 Å². The number of nitrogens with two attached hydrogens (primary N) is 1. The zero-order valence-electron chi connectivity index (χ0n) is 21.3. The molecule has 3 saturated carbocycles. The quantitative estimate of drug-likeness (QED) is 0.292. The van der Waals surface area contributed by atoms with Crippen LogP contribution in [0.25, 0.3) is 10.1 Å². The maximum atomic E-state index is 12.2. The highest BCUT2D eigenvalue weighted by Gasteiger charge is 2.52. The van der Waals surface area contributed by atoms with Crippen molar-refractivity contribution in [1.29, 1.82) is 0 Å². The average molecular weight is 530 g/mol. The predicted molar refractivity (Wildman–Crippen MR) is 145 cm³/mol. The van der Waals surface area contributed by atoms with E-state index in [1.165, 1.54) is 48.8 Å². The maximum absolute atomic E-state index is 12.2. The third kappa shape index (κ3) is 5.98. The highest BCUT2D eigenvalue weighted by atomic mass is 32.2. The summed E-state index contributed by atoms with van der Waals surface area (Å²) >= 11 is 1.36. The van der Waals surface area contributed by atoms with Gasteiger partial charge < -0.3 is 14.7 Å². The molecule has 1 heterocycles. The largest absolute Gasteiger partial charge is 0.379 e. The molecule has 1 amide bonds. The van der Waals surface area contributed by atoms with Crippen LogP contribution in [0.5, 0.6) is 5.75 Å². The number of carbonyl (C=O) groups is 2. The van der Waals surface area contributed by atoms with Crippen LogP contribution in [-0.4, -0.2) is 20.6 Å². The maximum Gasteiger partial charge on any atom is 0.339 e. The summed E-state index contributed by atoms with van der Waals surface area (Å²) in [7, 11) is -3.91. The van der Waals surface area contributed by atoms with Gasteiger partial charge in [-0.25, -0.2) is 0 Å². The minimum absolute atomic E-state index is 0.0653. The Morgan fingerprint density at radius 2 is 1.72 bits per heavy atom. The first-order chi connectivity index (χ1) is 17.1. The summed E-state index contributed by atoms with van der Waals surface area (Å²) in [4.78, 5) is 21.8. The lowest BCUT2D eigenvalue weighted by Crippen LogP contribution is -2.50. The first kappa shape index (κ1) is 27.9. The van der Waals surface area contributed by atoms with Crippen molar-refractivity contribution in [1.82, 2.24) is 0 Å². The van der Waals surface area contributed by atoms with Gasteiger partial charge in [-0.15, -0.1) is 11.3 Å². The van der Waals surface area contributed by atoms with Gasteiger partial charge in [-0.1, -0.05) is 45.9 Å². The van der Waals surface area contributed by atoms with Crippen LogP contribution in [0.4, 0.5) is 0 Å². The molecule has 6 nitrogen and oxygen atoms in total. The topological polar surface area (TPSA) is 104 Å². The molecule has 0 spiro atoms. The van der Waals surface area contributed by atoms with Crippen LogP contribution in [0.3, 0.4) is 0 Å². The molecule has 6 rings (SSSR count). The molecular weight excluding hydrogens is 494 g/mol. The number of carbonyl (C=O) groups excluding carboxylic acids is 2. The van der Waals surface area contributed by atoms with Gasteiger partial charge in [-0.2, -0.15) is 8.42 Å². The van der Waals surface area contributed by atoms with E-state index in [0.717, 1.165) is 35.2 Å². The van der Waals surface area contributed by atoms with Crippen molar-refractivity contribution in [3.63, 3.8) is 0 Å². The number of fused-ring (bicyclic) bond motifs is 3. The normalized spacial score (nSPS) is 21.6. The molecular formula is C28H35NO5S2. The van der Waals surface area contributed by atoms with Gasteiger partial charge >= 0.3 is 10.1 Å². The van der Waals surface area contributed by atoms with E-state index in [9.17, 15) is 18.0 Å². The van der Waals surface area contributed by atoms with Gasteiger partial charge in [-0.05, 0) is 72.8 Å². The van der Waals surface area contributed by atoms with Gasteiger partial charge in [0.2, 0.25) is 5.91 Å². The monoisotopic (exact) mass is 529 g/mol. The highest BCUT2D eigenvalue weighted by molar-refractivity contribution is 7.87. The molecule has 2 bridgehead atoms. The van der Waals surface area contributed by atoms with Gasteiger partial charge in [0.25, 0.3) is 0 Å². The fourth-order valence-electron chi connectivity index (χ4n) is 5.17. The molecule has 0 saturated heterocycles. The van der Waals surface area contributed by atoms with E-state index < -0.39 is 16.0 Å². The van der Waals surface area contributed by atoms with E-state index in [1.54, 1.807) is 35.7 Å². The Kier molecular flexibility index (Phi) is 8.95. The van der Waals surface area contributed by atoms with Gasteiger partial charge in [0.1, 0.15) is 16.9 Å². The number of thiophene rings is 1. The summed E-state index contributed by atoms with van der Waals surface area (Å²) in [6.07, 6.45) is 5.96. The summed E-state index contributed by atoms with van der Waals surface area (Å²) < 4.78 is 30.3. The summed E-state index contributed by atoms with van der Waals surface area (Å²) in [5.74, 6) is 2.13. The second-order valence-corrected chi connectivity index (χ2v) is 12.2. The smallest absolute Gasteiger partial charge is 0.339 e. The van der Waals surface area contributed by atoms with Crippen LogP contribution in [-0.2, 0) is 14.9 Å². The van der Waals surface area contributed by atoms with Crippen LogP contribution in [0, 0.1) is 23.2 Å². The summed E-state index contributed by atoms with van der Waals surface area (Å²) in [5, 5.41) is 2.22. The molecule has 194 valence electrons. The Labute approximate surface area is 218 Å². The number of hydrogen-bond acceptors (Lipinski definition) is 6. The lowest BCUT2D eigenvalue weighted by molar-refractivity contribution is -0.115. The standard InChI is InChI=1S/C15H11NO4S2.C11H18O.C2H6/c16-15(17)13-9-21-14-7-6-10(8-12(13)14)20-22(18,19)11-4-2-1-3-5-11;1-11(2)9-5-8(3-4-12)6-10(11)7-9;1-2/h1-9H,(H2,16,17);4,8-10H,3,5-7H2,1-2H3;1-2H3/t;8?,9-,10?;/m.0./s1. The predicted octanol–water partition coefficient (Wildman–Crippen LogP) is 6.44. The minimum Gasteiger partial charge on any atom is -0.379 e. The van der Waals surface area contributed by atoms with Crippen molar-refractivity contribution >= 4 is 43.7 Å². The molecule has 1 aromatic heterocycles. The molecule has 3 fully saturated rings. The summed E-state index contributed by atoms with van der Waals surface area (Å²) in [6.45, 7) is 8.78. The number of primary amides is 1. The molecule has 0 radical (unpaired) electrons. The lowest BCUT2D eigenvalue weighted by Gasteiger charge is -2.58. The van der Waals surface area contributed by atoms with E-state index in [2.05, 4.69) is 13.8 Å². The van der Waals surface area contributed by atoms with Crippen molar-refractivity contribution in [3.8, 4) is 5.75 Å². The Balaban J connectivity index is 0.000000217. The lowest BCUT2D eigenvalue weighted by atomic mass is 9.46. The van der Waals surface area contributed by atoms with Gasteiger partial charge in [0, 0.05) is 21.9 Å². The molecule has 3 aliphatic rings. The average Bonchev–Trinajstić information content (AvgIpc) is 3.30. The molecule has 3 aromatic rings. The van der Waals surface area contributed by atoms with Crippen molar-refractivity contribution in [2.75, 3.05) is 0 Å². The Bertz CT molecular complexity index is 1280. The van der Waals surface area contributed by atoms with E-state index in [4.69, 9.17) is 9.92 Å². The number of rotatable bonds is 6. The number of benzene rings is 2. The van der Waals surface area contributed by atoms with Crippen LogP contribution < -0.4 is 9.92 Å². The van der Waals surface area contributed by atoms with E-state index in [1.807, 2.05) is 13.8 Å². The van der Waals surface area contributed by atoms with Crippen LogP contribution >= 0.6 is 11.3 Å². The van der Waals surface area contributed by atoms with Crippen LogP contribution in [0.15, 0.2) is 58.8 Å². The summed E-state index contributed by atoms with van der Waals surface area (Å²) in [6, 6.07) is 12.6. The second-order valence-electron chi connectivity index (χ2n) is 9.71. The van der Waals surface area contributed by atoms with E-state index >= 15 is 0 Å². The van der Waals surface area contributed by atoms with Crippen molar-refractivity contribution < 1.29 is 22.2 Å². The molecule has 0 aliphatic heterocycles. The summed E-state index contributed by atoms with van der Waals surface area (Å²) in [5.41, 5.74) is 6.25. The van der Waals surface area contributed by atoms with Crippen LogP contribution in [0.2, 0.25) is 0 Å². The minimum atomic E-state index is -3.91. The third-order valence-corrected chi connectivity index (χ3v) is 9.61. The Morgan fingerprint density at radius 3 is 2.28 bits per heavy atom. The molecule has 2 unspecified atom stereocenters. The molecule has 3 aliphatic carbocycles. The number of amides is 1. The second kappa shape index (κ2) is 11.6. The van der Waals surface area contributed by atoms with Crippen molar-refractivity contribution in [2.24, 2.45) is 28.9 Å². The Hall–Kier alpha value is -2.71. The molecule has 2 N–H and O–H groups in total. The van der Waals surface area contributed by atoms with Gasteiger partial charge in [-0.3, -0.25) is 4.79 Å². The molecule has 3 atom stereocenters. The Morgan fingerprint density at radius 1 is 1.08 bits per heavy atom. The van der Waals surface area contributed by atoms with E-state index in [-0.39, 0.29) is 10.6 Å². The van der Waals surface area contributed by atoms with E-state index in [0.29, 0.717) is 16.4 Å². The third-order valence-electron chi connectivity index (χ3n) is 7.39. The number of hydrogen-bond donors (Lipinski definition) is 1. The fourth-order valence-corrected chi connectivity index (χ4v) is 7.04. The molecule has 36 heavy (non-hydrogen) atoms. The molecule has 8 heteroatoms. The van der Waals surface area contributed by atoms with Gasteiger partial charge in [0.05, 0.1) is 5.56 Å². The molecule has 2 aromatic carbocycles. The first-order valence-corrected chi connectivity index (χ1v) is 14.6. The SMILES string of the molecule is CC.CC1(C)C2CC(CC=O)C[C@H]1C2.NC(=O)c1csc2ccc(OS(=O)(=O)c3ccccc3)cc12. The first-order valence-electron chi connectivity index (χ1n) is 12.4. The zero-order valence-corrected chi connectivity index (χ0v) is 22.9. The number of aldehydes is 1. The highest BCUT2D eigenvalue weighted by Crippen LogP contribution is 2.60. The van der Waals surface area contributed by atoms with Crippen molar-refractivity contribution in [2.45, 2.75) is 58.3 Å². The van der Waals surface area contributed by atoms with Gasteiger partial charge in [0.15, 0.2) is 0 Å².